The van der Waals surface area contributed by atoms with Crippen molar-refractivity contribution in [3.05, 3.63) is 29.8 Å². The number of benzene rings is 1. The van der Waals surface area contributed by atoms with Gasteiger partial charge in [-0.3, -0.25) is 0 Å². The van der Waals surface area contributed by atoms with Crippen LogP contribution in [0.25, 0.3) is 0 Å². The van der Waals surface area contributed by atoms with Crippen molar-refractivity contribution >= 4 is 0 Å². The van der Waals surface area contributed by atoms with Crippen LogP contribution in [0.5, 0.6) is 5.75 Å². The molecule has 0 radical (unpaired) electrons. The summed E-state index contributed by atoms with van der Waals surface area (Å²) in [5, 5.41) is 23.4. The smallest absolute Gasteiger partial charge is 0.119 e. The predicted octanol–water partition coefficient (Wildman–Crippen LogP) is 2.94. The van der Waals surface area contributed by atoms with Crippen LogP contribution in [-0.4, -0.2) is 60.1 Å². The highest BCUT2D eigenvalue weighted by atomic mass is 16.5. The zero-order valence-electron chi connectivity index (χ0n) is 17.2. The summed E-state index contributed by atoms with van der Waals surface area (Å²) in [6.07, 6.45) is 9.27. The molecule has 1 saturated carbocycles. The second-order valence-electron chi connectivity index (χ2n) is 8.61. The Bertz CT molecular complexity index is 555. The van der Waals surface area contributed by atoms with Crippen molar-refractivity contribution in [2.75, 3.05) is 32.8 Å². The average molecular weight is 391 g/mol. The molecule has 5 heteroatoms. The molecule has 1 atom stereocenters. The summed E-state index contributed by atoms with van der Waals surface area (Å²) in [6.45, 7) is 4.54. The van der Waals surface area contributed by atoms with E-state index in [2.05, 4.69) is 22.3 Å². The van der Waals surface area contributed by atoms with Crippen LogP contribution in [0.15, 0.2) is 24.3 Å². The Morgan fingerprint density at radius 1 is 1.14 bits per heavy atom. The Morgan fingerprint density at radius 2 is 1.93 bits per heavy atom. The summed E-state index contributed by atoms with van der Waals surface area (Å²) >= 11 is 0. The van der Waals surface area contributed by atoms with Gasteiger partial charge in [0.25, 0.3) is 0 Å². The maximum atomic E-state index is 10.2. The zero-order valence-corrected chi connectivity index (χ0v) is 17.2. The van der Waals surface area contributed by atoms with Gasteiger partial charge < -0.3 is 25.2 Å². The van der Waals surface area contributed by atoms with E-state index in [-0.39, 0.29) is 6.10 Å². The number of nitrogens with one attached hydrogen (secondary N) is 1. The van der Waals surface area contributed by atoms with E-state index < -0.39 is 6.10 Å². The summed E-state index contributed by atoms with van der Waals surface area (Å²) in [6, 6.07) is 8.15. The molecule has 1 heterocycles. The molecule has 2 aliphatic rings. The molecule has 1 aliphatic heterocycles. The van der Waals surface area contributed by atoms with Gasteiger partial charge in [-0.15, -0.1) is 0 Å². The summed E-state index contributed by atoms with van der Waals surface area (Å²) < 4.78 is 5.81. The molecular formula is C23H38N2O3. The number of β-amino-alcohol motifs (C(OH)–C–C–N with tert-alkyl or cyclic N) is 1. The zero-order chi connectivity index (χ0) is 19.6. The first-order valence-corrected chi connectivity index (χ1v) is 11.2. The third-order valence-corrected chi connectivity index (χ3v) is 6.14. The van der Waals surface area contributed by atoms with Crippen molar-refractivity contribution in [2.24, 2.45) is 5.92 Å². The van der Waals surface area contributed by atoms with E-state index in [9.17, 15) is 10.2 Å². The molecule has 2 fully saturated rings. The standard InChI is InChI=1S/C23H38N2O3/c26-21-10-13-25(14-11-21)17-22(27)18-28-23-9-3-7-20(15-23)16-24-12-4-8-19-5-1-2-6-19/h3,7,9,15,19,21-22,24,26-27H,1-2,4-6,8,10-14,16-18H2. The van der Waals surface area contributed by atoms with Crippen molar-refractivity contribution in [1.82, 2.24) is 10.2 Å². The van der Waals surface area contributed by atoms with E-state index in [4.69, 9.17) is 4.74 Å². The minimum Gasteiger partial charge on any atom is -0.491 e. The molecule has 1 aliphatic carbocycles. The van der Waals surface area contributed by atoms with Gasteiger partial charge in [-0.2, -0.15) is 0 Å². The minimum absolute atomic E-state index is 0.177. The molecule has 0 amide bonds. The number of hydrogen-bond acceptors (Lipinski definition) is 5. The lowest BCUT2D eigenvalue weighted by atomic mass is 10.0. The Hall–Kier alpha value is -1.14. The van der Waals surface area contributed by atoms with Gasteiger partial charge in [0.15, 0.2) is 0 Å². The Morgan fingerprint density at radius 3 is 2.71 bits per heavy atom. The first kappa shape index (κ1) is 21.6. The highest BCUT2D eigenvalue weighted by molar-refractivity contribution is 5.28. The van der Waals surface area contributed by atoms with Crippen molar-refractivity contribution < 1.29 is 14.9 Å². The van der Waals surface area contributed by atoms with Crippen LogP contribution in [0.4, 0.5) is 0 Å². The van der Waals surface area contributed by atoms with E-state index in [1.165, 1.54) is 44.1 Å². The molecule has 3 rings (SSSR count). The van der Waals surface area contributed by atoms with Crippen LogP contribution >= 0.6 is 0 Å². The van der Waals surface area contributed by atoms with Crippen molar-refractivity contribution in [1.29, 1.82) is 0 Å². The number of nitrogens with zero attached hydrogens (tertiary/aromatic N) is 1. The highest BCUT2D eigenvalue weighted by Crippen LogP contribution is 2.28. The number of aliphatic hydroxyl groups excluding tert-OH is 2. The lowest BCUT2D eigenvalue weighted by molar-refractivity contribution is 0.0337. The Kier molecular flexibility index (Phi) is 9.06. The fraction of sp³-hybridized carbons (Fsp3) is 0.739. The number of hydrogen-bond donors (Lipinski definition) is 3. The molecule has 0 aromatic heterocycles. The predicted molar refractivity (Wildman–Crippen MR) is 113 cm³/mol. The van der Waals surface area contributed by atoms with E-state index in [0.717, 1.165) is 50.7 Å². The molecule has 28 heavy (non-hydrogen) atoms. The Balaban J connectivity index is 1.30. The summed E-state index contributed by atoms with van der Waals surface area (Å²) in [7, 11) is 0. The van der Waals surface area contributed by atoms with Crippen LogP contribution in [0, 0.1) is 5.92 Å². The van der Waals surface area contributed by atoms with Gasteiger partial charge in [-0.25, -0.2) is 0 Å². The molecular weight excluding hydrogens is 352 g/mol. The summed E-state index contributed by atoms with van der Waals surface area (Å²) in [4.78, 5) is 2.20. The molecule has 3 N–H and O–H groups in total. The molecule has 1 aromatic rings. The number of piperidine rings is 1. The molecule has 1 aromatic carbocycles. The van der Waals surface area contributed by atoms with E-state index in [1.54, 1.807) is 0 Å². The van der Waals surface area contributed by atoms with Crippen molar-refractivity contribution in [3.63, 3.8) is 0 Å². The van der Waals surface area contributed by atoms with Crippen LogP contribution in [0.3, 0.4) is 0 Å². The van der Waals surface area contributed by atoms with Crippen LogP contribution in [-0.2, 0) is 6.54 Å². The van der Waals surface area contributed by atoms with E-state index in [0.29, 0.717) is 13.2 Å². The topological polar surface area (TPSA) is 65.0 Å². The van der Waals surface area contributed by atoms with Gasteiger partial charge in [0.2, 0.25) is 0 Å². The molecule has 5 nitrogen and oxygen atoms in total. The van der Waals surface area contributed by atoms with Crippen molar-refractivity contribution in [2.45, 2.75) is 70.1 Å². The van der Waals surface area contributed by atoms with Crippen LogP contribution in [0.1, 0.15) is 56.9 Å². The average Bonchev–Trinajstić information content (AvgIpc) is 3.22. The largest absolute Gasteiger partial charge is 0.491 e. The van der Waals surface area contributed by atoms with Gasteiger partial charge >= 0.3 is 0 Å². The lowest BCUT2D eigenvalue weighted by Gasteiger charge is -2.30. The first-order chi connectivity index (χ1) is 13.7. The maximum absolute atomic E-state index is 10.2. The SMILES string of the molecule is OC1CCN(CC(O)COc2cccc(CNCCCC3CCCC3)c2)CC1. The number of ether oxygens (including phenoxy) is 1. The van der Waals surface area contributed by atoms with Gasteiger partial charge in [-0.05, 0) is 55.8 Å². The van der Waals surface area contributed by atoms with Gasteiger partial charge in [0.05, 0.1) is 6.10 Å². The van der Waals surface area contributed by atoms with Gasteiger partial charge in [0.1, 0.15) is 18.5 Å². The summed E-state index contributed by atoms with van der Waals surface area (Å²) in [5.74, 6) is 1.79. The number of rotatable bonds is 11. The van der Waals surface area contributed by atoms with Crippen LogP contribution in [0.2, 0.25) is 0 Å². The normalized spacial score (nSPS) is 20.5. The molecule has 1 saturated heterocycles. The fourth-order valence-electron chi connectivity index (χ4n) is 4.44. The van der Waals surface area contributed by atoms with E-state index in [1.807, 2.05) is 12.1 Å². The van der Waals surface area contributed by atoms with Gasteiger partial charge in [0, 0.05) is 26.2 Å². The molecule has 158 valence electrons. The third kappa shape index (κ3) is 7.70. The minimum atomic E-state index is -0.507. The summed E-state index contributed by atoms with van der Waals surface area (Å²) in [5.41, 5.74) is 1.22. The highest BCUT2D eigenvalue weighted by Gasteiger charge is 2.19. The quantitative estimate of drug-likeness (QED) is 0.507. The monoisotopic (exact) mass is 390 g/mol. The lowest BCUT2D eigenvalue weighted by Crippen LogP contribution is -2.41. The first-order valence-electron chi connectivity index (χ1n) is 11.2. The molecule has 1 unspecified atom stereocenters. The second-order valence-corrected chi connectivity index (χ2v) is 8.61. The third-order valence-electron chi connectivity index (χ3n) is 6.14. The van der Waals surface area contributed by atoms with Crippen molar-refractivity contribution in [3.8, 4) is 5.75 Å². The number of aliphatic hydroxyl groups is 2. The molecule has 0 bridgehead atoms. The second kappa shape index (κ2) is 11.8. The maximum Gasteiger partial charge on any atom is 0.119 e. The molecule has 0 spiro atoms. The fourth-order valence-corrected chi connectivity index (χ4v) is 4.44. The Labute approximate surface area is 170 Å². The van der Waals surface area contributed by atoms with Crippen LogP contribution < -0.4 is 10.1 Å². The number of likely N-dealkylation sites (tertiary alicyclic amines) is 1. The van der Waals surface area contributed by atoms with Gasteiger partial charge in [-0.1, -0.05) is 37.8 Å². The van der Waals surface area contributed by atoms with E-state index >= 15 is 0 Å².